The number of benzene rings is 3. The number of rotatable bonds is 11. The molecule has 0 unspecified atom stereocenters. The molecule has 3 aromatic carbocycles. The Morgan fingerprint density at radius 3 is 2.70 bits per heavy atom. The number of nitrogens with zero attached hydrogens (tertiary/aromatic N) is 3. The van der Waals surface area contributed by atoms with Crippen LogP contribution in [0.3, 0.4) is 0 Å². The quantitative estimate of drug-likeness (QED) is 0.186. The van der Waals surface area contributed by atoms with Gasteiger partial charge in [-0.1, -0.05) is 59.1 Å². The lowest BCUT2D eigenvalue weighted by molar-refractivity contribution is -0.118. The number of amides is 1. The highest BCUT2D eigenvalue weighted by Gasteiger charge is 2.16. The minimum absolute atomic E-state index is 0.246. The number of nitrogens with one attached hydrogen (secondary N) is 1. The van der Waals surface area contributed by atoms with E-state index >= 15 is 0 Å². The van der Waals surface area contributed by atoms with Crippen molar-refractivity contribution in [3.63, 3.8) is 0 Å². The summed E-state index contributed by atoms with van der Waals surface area (Å²) in [6, 6.07) is 16.3. The number of carbonyl (C=O) groups excluding carboxylic acids is 1. The number of unbranched alkanes of at least 4 members (excludes halogenated alkanes) is 1. The standard InChI is InChI=1S/C30H30BrClN4O4/c1-4-6-11-27-34-25-13-12-21(31)16-22(25)30(38)36(27)33-17-20-14-23(32)29(26(15-20)39-5-2)40-18-28(37)35-24-10-8-7-9-19(24)3/h7-10,12-17H,4-6,11,18H2,1-3H3,(H,35,37). The summed E-state index contributed by atoms with van der Waals surface area (Å²) in [4.78, 5) is 30.6. The SMILES string of the molecule is CCCCc1nc2ccc(Br)cc2c(=O)n1N=Cc1cc(Cl)c(OCC(=O)Nc2ccccc2C)c(OCC)c1. The number of halogens is 2. The smallest absolute Gasteiger partial charge is 0.282 e. The molecule has 208 valence electrons. The molecule has 1 aromatic heterocycles. The van der Waals surface area contributed by atoms with Gasteiger partial charge in [0.15, 0.2) is 18.1 Å². The van der Waals surface area contributed by atoms with Crippen molar-refractivity contribution in [2.75, 3.05) is 18.5 Å². The van der Waals surface area contributed by atoms with Crippen molar-refractivity contribution in [3.05, 3.63) is 91.4 Å². The van der Waals surface area contributed by atoms with Crippen molar-refractivity contribution in [1.82, 2.24) is 9.66 Å². The van der Waals surface area contributed by atoms with Gasteiger partial charge in [0.2, 0.25) is 0 Å². The molecule has 1 N–H and O–H groups in total. The fourth-order valence-electron chi connectivity index (χ4n) is 4.04. The second-order valence-electron chi connectivity index (χ2n) is 9.07. The monoisotopic (exact) mass is 624 g/mol. The van der Waals surface area contributed by atoms with Crippen LogP contribution in [0.5, 0.6) is 11.5 Å². The molecule has 10 heteroatoms. The van der Waals surface area contributed by atoms with Crippen LogP contribution in [0, 0.1) is 6.92 Å². The van der Waals surface area contributed by atoms with Crippen LogP contribution in [-0.4, -0.2) is 35.0 Å². The van der Waals surface area contributed by atoms with Crippen LogP contribution in [0.4, 0.5) is 5.69 Å². The lowest BCUT2D eigenvalue weighted by atomic mass is 10.2. The van der Waals surface area contributed by atoms with Crippen LogP contribution >= 0.6 is 27.5 Å². The van der Waals surface area contributed by atoms with Crippen LogP contribution in [0.15, 0.2) is 69.0 Å². The number of aromatic nitrogens is 2. The van der Waals surface area contributed by atoms with Gasteiger partial charge in [0, 0.05) is 16.6 Å². The van der Waals surface area contributed by atoms with Gasteiger partial charge >= 0.3 is 0 Å². The van der Waals surface area contributed by atoms with E-state index in [1.165, 1.54) is 10.9 Å². The highest BCUT2D eigenvalue weighted by Crippen LogP contribution is 2.36. The van der Waals surface area contributed by atoms with Crippen molar-refractivity contribution < 1.29 is 14.3 Å². The molecular formula is C30H30BrClN4O4. The summed E-state index contributed by atoms with van der Waals surface area (Å²) < 4.78 is 13.7. The summed E-state index contributed by atoms with van der Waals surface area (Å²) in [6.07, 6.45) is 3.96. The molecule has 8 nitrogen and oxygen atoms in total. The zero-order valence-electron chi connectivity index (χ0n) is 22.5. The van der Waals surface area contributed by atoms with Crippen LogP contribution in [0.2, 0.25) is 5.02 Å². The topological polar surface area (TPSA) is 94.8 Å². The Morgan fingerprint density at radius 2 is 1.95 bits per heavy atom. The molecule has 1 heterocycles. The minimum atomic E-state index is -0.326. The van der Waals surface area contributed by atoms with Crippen LogP contribution in [-0.2, 0) is 11.2 Å². The van der Waals surface area contributed by atoms with Gasteiger partial charge in [0.1, 0.15) is 5.82 Å². The van der Waals surface area contributed by atoms with E-state index < -0.39 is 0 Å². The Labute approximate surface area is 246 Å². The third-order valence-corrected chi connectivity index (χ3v) is 6.82. The second kappa shape index (κ2) is 13.6. The van der Waals surface area contributed by atoms with Crippen molar-refractivity contribution in [3.8, 4) is 11.5 Å². The summed E-state index contributed by atoms with van der Waals surface area (Å²) in [7, 11) is 0. The fraction of sp³-hybridized carbons (Fsp3) is 0.267. The average molecular weight is 626 g/mol. The molecule has 0 saturated heterocycles. The average Bonchev–Trinajstić information content (AvgIpc) is 2.93. The molecule has 0 saturated carbocycles. The maximum absolute atomic E-state index is 13.4. The highest BCUT2D eigenvalue weighted by atomic mass is 79.9. The van der Waals surface area contributed by atoms with Gasteiger partial charge in [0.05, 0.1) is 28.7 Å². The predicted octanol–water partition coefficient (Wildman–Crippen LogP) is 6.76. The minimum Gasteiger partial charge on any atom is -0.490 e. The van der Waals surface area contributed by atoms with Crippen LogP contribution in [0.1, 0.15) is 43.6 Å². The van der Waals surface area contributed by atoms with Crippen molar-refractivity contribution in [1.29, 1.82) is 0 Å². The molecule has 0 aliphatic heterocycles. The highest BCUT2D eigenvalue weighted by molar-refractivity contribution is 9.10. The van der Waals surface area contributed by atoms with Gasteiger partial charge in [-0.25, -0.2) is 4.98 Å². The summed E-state index contributed by atoms with van der Waals surface area (Å²) in [5.74, 6) is 0.861. The van der Waals surface area contributed by atoms with Crippen LogP contribution in [0.25, 0.3) is 10.9 Å². The molecule has 0 atom stereocenters. The molecule has 0 aliphatic rings. The first-order chi connectivity index (χ1) is 19.3. The van der Waals surface area contributed by atoms with E-state index in [2.05, 4.69) is 33.3 Å². The van der Waals surface area contributed by atoms with Crippen molar-refractivity contribution in [2.24, 2.45) is 5.10 Å². The van der Waals surface area contributed by atoms with Crippen molar-refractivity contribution in [2.45, 2.75) is 40.0 Å². The second-order valence-corrected chi connectivity index (χ2v) is 10.4. The molecular weight excluding hydrogens is 596 g/mol. The zero-order valence-corrected chi connectivity index (χ0v) is 24.9. The molecule has 0 radical (unpaired) electrons. The maximum atomic E-state index is 13.4. The lowest BCUT2D eigenvalue weighted by Crippen LogP contribution is -2.22. The summed E-state index contributed by atoms with van der Waals surface area (Å²) >= 11 is 9.99. The van der Waals surface area contributed by atoms with Gasteiger partial charge < -0.3 is 14.8 Å². The van der Waals surface area contributed by atoms with Gasteiger partial charge in [-0.2, -0.15) is 9.78 Å². The Hall–Kier alpha value is -3.69. The molecule has 0 fully saturated rings. The first kappa shape index (κ1) is 29.3. The predicted molar refractivity (Wildman–Crippen MR) is 163 cm³/mol. The zero-order chi connectivity index (χ0) is 28.6. The Morgan fingerprint density at radius 1 is 1.15 bits per heavy atom. The molecule has 1 amide bonds. The van der Waals surface area contributed by atoms with E-state index in [-0.39, 0.29) is 28.8 Å². The number of fused-ring (bicyclic) bond motifs is 1. The van der Waals surface area contributed by atoms with Crippen molar-refractivity contribution >= 4 is 56.2 Å². The summed E-state index contributed by atoms with van der Waals surface area (Å²) in [5, 5.41) is 8.04. The molecule has 0 bridgehead atoms. The largest absolute Gasteiger partial charge is 0.490 e. The molecule has 0 spiro atoms. The fourth-order valence-corrected chi connectivity index (χ4v) is 4.67. The van der Waals surface area contributed by atoms with Gasteiger partial charge in [-0.15, -0.1) is 0 Å². The Bertz CT molecular complexity index is 1620. The summed E-state index contributed by atoms with van der Waals surface area (Å²) in [6.45, 7) is 5.93. The van der Waals surface area contributed by atoms with E-state index in [4.69, 9.17) is 26.1 Å². The molecule has 4 aromatic rings. The van der Waals surface area contributed by atoms with Crippen LogP contribution < -0.4 is 20.3 Å². The normalized spacial score (nSPS) is 11.2. The third-order valence-electron chi connectivity index (χ3n) is 6.05. The van der Waals surface area contributed by atoms with E-state index in [1.54, 1.807) is 18.2 Å². The maximum Gasteiger partial charge on any atom is 0.282 e. The van der Waals surface area contributed by atoms with E-state index in [1.807, 2.05) is 50.2 Å². The number of ether oxygens (including phenoxy) is 2. The number of aryl methyl sites for hydroxylation is 2. The van der Waals surface area contributed by atoms with Gasteiger partial charge in [-0.05, 0) is 67.8 Å². The van der Waals surface area contributed by atoms with E-state index in [0.717, 1.165) is 22.9 Å². The number of anilines is 1. The Balaban J connectivity index is 1.61. The third kappa shape index (κ3) is 7.08. The first-order valence-corrected chi connectivity index (χ1v) is 14.2. The molecule has 4 rings (SSSR count). The van der Waals surface area contributed by atoms with E-state index in [9.17, 15) is 9.59 Å². The number of hydrogen-bond donors (Lipinski definition) is 1. The molecule has 40 heavy (non-hydrogen) atoms. The number of carbonyl (C=O) groups is 1. The van der Waals surface area contributed by atoms with Gasteiger partial charge in [0.25, 0.3) is 11.5 Å². The van der Waals surface area contributed by atoms with Gasteiger partial charge in [-0.3, -0.25) is 9.59 Å². The Kier molecular flexibility index (Phi) is 9.95. The summed E-state index contributed by atoms with van der Waals surface area (Å²) in [5.41, 5.74) is 2.61. The first-order valence-electron chi connectivity index (χ1n) is 13.0. The van der Waals surface area contributed by atoms with E-state index in [0.29, 0.717) is 46.8 Å². The number of hydrogen-bond acceptors (Lipinski definition) is 6. The molecule has 0 aliphatic carbocycles. The number of para-hydroxylation sites is 1. The lowest BCUT2D eigenvalue weighted by Gasteiger charge is -2.15.